The lowest BCUT2D eigenvalue weighted by Gasteiger charge is -2.26. The predicted octanol–water partition coefficient (Wildman–Crippen LogP) is 2.21. The Hall–Kier alpha value is -1.78. The summed E-state index contributed by atoms with van der Waals surface area (Å²) in [5, 5.41) is 11.8. The molecule has 19 heavy (non-hydrogen) atoms. The van der Waals surface area contributed by atoms with Crippen LogP contribution in [0, 0.1) is 18.8 Å². The van der Waals surface area contributed by atoms with Crippen molar-refractivity contribution in [2.24, 2.45) is 11.8 Å². The summed E-state index contributed by atoms with van der Waals surface area (Å²) in [6.07, 6.45) is 4.62. The number of rotatable bonds is 4. The maximum absolute atomic E-state index is 11.8. The minimum Gasteiger partial charge on any atom is -0.481 e. The molecular weight excluding hydrogens is 246 g/mol. The first-order valence-corrected chi connectivity index (χ1v) is 6.63. The molecule has 0 radical (unpaired) electrons. The maximum Gasteiger partial charge on any atom is 0.306 e. The predicted molar refractivity (Wildman–Crippen MR) is 68.9 cm³/mol. The number of amides is 1. The van der Waals surface area contributed by atoms with Crippen LogP contribution < -0.4 is 5.32 Å². The number of aryl methyl sites for hydroxylation is 1. The Labute approximate surface area is 112 Å². The van der Waals surface area contributed by atoms with E-state index in [1.54, 1.807) is 6.07 Å². The Morgan fingerprint density at radius 1 is 1.37 bits per heavy atom. The van der Waals surface area contributed by atoms with Gasteiger partial charge in [0, 0.05) is 12.1 Å². The van der Waals surface area contributed by atoms with Gasteiger partial charge in [0.2, 0.25) is 0 Å². The molecule has 0 saturated heterocycles. The third kappa shape index (κ3) is 3.36. The molecule has 1 heterocycles. The van der Waals surface area contributed by atoms with Crippen molar-refractivity contribution in [3.63, 3.8) is 0 Å². The van der Waals surface area contributed by atoms with Crippen LogP contribution in [0.15, 0.2) is 16.7 Å². The summed E-state index contributed by atoms with van der Waals surface area (Å²) in [6.45, 7) is 2.42. The number of furan rings is 1. The second-order valence-electron chi connectivity index (χ2n) is 5.20. The first-order valence-electron chi connectivity index (χ1n) is 6.63. The van der Waals surface area contributed by atoms with Crippen molar-refractivity contribution < 1.29 is 19.1 Å². The van der Waals surface area contributed by atoms with Gasteiger partial charge in [-0.05, 0) is 44.6 Å². The van der Waals surface area contributed by atoms with Gasteiger partial charge in [0.05, 0.1) is 12.2 Å². The number of hydrogen-bond acceptors (Lipinski definition) is 3. The molecule has 1 saturated carbocycles. The van der Waals surface area contributed by atoms with Gasteiger partial charge in [-0.25, -0.2) is 0 Å². The van der Waals surface area contributed by atoms with Gasteiger partial charge >= 0.3 is 5.97 Å². The van der Waals surface area contributed by atoms with E-state index in [9.17, 15) is 9.59 Å². The zero-order valence-electron chi connectivity index (χ0n) is 11.0. The monoisotopic (exact) mass is 265 g/mol. The molecule has 104 valence electrons. The smallest absolute Gasteiger partial charge is 0.306 e. The van der Waals surface area contributed by atoms with Crippen molar-refractivity contribution in [3.8, 4) is 0 Å². The summed E-state index contributed by atoms with van der Waals surface area (Å²) in [4.78, 5) is 22.7. The molecule has 0 atom stereocenters. The first kappa shape index (κ1) is 13.6. The van der Waals surface area contributed by atoms with E-state index >= 15 is 0 Å². The summed E-state index contributed by atoms with van der Waals surface area (Å²) < 4.78 is 5.12. The van der Waals surface area contributed by atoms with E-state index in [-0.39, 0.29) is 11.8 Å². The second kappa shape index (κ2) is 5.91. The molecular formula is C14H19NO4. The van der Waals surface area contributed by atoms with E-state index in [1.165, 1.54) is 6.26 Å². The Kier molecular flexibility index (Phi) is 4.24. The van der Waals surface area contributed by atoms with Gasteiger partial charge < -0.3 is 14.8 Å². The standard InChI is InChI=1S/C14H19NO4/c1-9-6-7-19-12(9)13(16)15-8-10-2-4-11(5-3-10)14(17)18/h6-7,10-11H,2-5,8H2,1H3,(H,15,16)(H,17,18). The molecule has 1 amide bonds. The lowest BCUT2D eigenvalue weighted by atomic mass is 9.82. The maximum atomic E-state index is 11.8. The molecule has 0 aliphatic heterocycles. The van der Waals surface area contributed by atoms with E-state index in [4.69, 9.17) is 9.52 Å². The fourth-order valence-corrected chi connectivity index (χ4v) is 2.54. The highest BCUT2D eigenvalue weighted by atomic mass is 16.4. The van der Waals surface area contributed by atoms with Crippen molar-refractivity contribution in [2.45, 2.75) is 32.6 Å². The van der Waals surface area contributed by atoms with Crippen LogP contribution in [0.5, 0.6) is 0 Å². The Morgan fingerprint density at radius 2 is 2.05 bits per heavy atom. The van der Waals surface area contributed by atoms with Gasteiger partial charge in [-0.3, -0.25) is 9.59 Å². The Balaban J connectivity index is 1.77. The quantitative estimate of drug-likeness (QED) is 0.874. The minimum absolute atomic E-state index is 0.192. The summed E-state index contributed by atoms with van der Waals surface area (Å²) in [6, 6.07) is 1.76. The Bertz CT molecular complexity index is 458. The molecule has 1 aromatic heterocycles. The fourth-order valence-electron chi connectivity index (χ4n) is 2.54. The van der Waals surface area contributed by atoms with Crippen LogP contribution in [-0.4, -0.2) is 23.5 Å². The normalized spacial score (nSPS) is 23.0. The number of aliphatic carboxylic acids is 1. The third-order valence-electron chi connectivity index (χ3n) is 3.82. The molecule has 2 rings (SSSR count). The third-order valence-corrected chi connectivity index (χ3v) is 3.82. The lowest BCUT2D eigenvalue weighted by Crippen LogP contribution is -2.32. The number of carboxylic acid groups (broad SMARTS) is 1. The molecule has 2 N–H and O–H groups in total. The van der Waals surface area contributed by atoms with Crippen LogP contribution in [0.2, 0.25) is 0 Å². The highest BCUT2D eigenvalue weighted by Gasteiger charge is 2.26. The second-order valence-corrected chi connectivity index (χ2v) is 5.20. The molecule has 5 heteroatoms. The molecule has 1 aromatic rings. The van der Waals surface area contributed by atoms with Crippen LogP contribution in [-0.2, 0) is 4.79 Å². The van der Waals surface area contributed by atoms with E-state index in [2.05, 4.69) is 5.32 Å². The van der Waals surface area contributed by atoms with Crippen LogP contribution >= 0.6 is 0 Å². The number of carboxylic acids is 1. The Morgan fingerprint density at radius 3 is 2.58 bits per heavy atom. The molecule has 0 aromatic carbocycles. The van der Waals surface area contributed by atoms with Crippen LogP contribution in [0.3, 0.4) is 0 Å². The van der Waals surface area contributed by atoms with Crippen LogP contribution in [0.25, 0.3) is 0 Å². The minimum atomic E-state index is -0.700. The van der Waals surface area contributed by atoms with Crippen molar-refractivity contribution in [2.75, 3.05) is 6.54 Å². The van der Waals surface area contributed by atoms with E-state index in [0.29, 0.717) is 31.1 Å². The van der Waals surface area contributed by atoms with Gasteiger partial charge in [-0.15, -0.1) is 0 Å². The van der Waals surface area contributed by atoms with Gasteiger partial charge in [-0.1, -0.05) is 0 Å². The largest absolute Gasteiger partial charge is 0.481 e. The number of carbonyl (C=O) groups excluding carboxylic acids is 1. The fraction of sp³-hybridized carbons (Fsp3) is 0.571. The summed E-state index contributed by atoms with van der Waals surface area (Å²) in [7, 11) is 0. The van der Waals surface area contributed by atoms with E-state index in [0.717, 1.165) is 18.4 Å². The average molecular weight is 265 g/mol. The van der Waals surface area contributed by atoms with Gasteiger partial charge in [-0.2, -0.15) is 0 Å². The molecule has 0 bridgehead atoms. The highest BCUT2D eigenvalue weighted by molar-refractivity contribution is 5.92. The van der Waals surface area contributed by atoms with E-state index in [1.807, 2.05) is 6.92 Å². The SMILES string of the molecule is Cc1ccoc1C(=O)NCC1CCC(C(=O)O)CC1. The van der Waals surface area contributed by atoms with Crippen LogP contribution in [0.4, 0.5) is 0 Å². The summed E-state index contributed by atoms with van der Waals surface area (Å²) >= 11 is 0. The molecule has 5 nitrogen and oxygen atoms in total. The summed E-state index contributed by atoms with van der Waals surface area (Å²) in [5.41, 5.74) is 0.826. The van der Waals surface area contributed by atoms with E-state index < -0.39 is 5.97 Å². The number of hydrogen-bond donors (Lipinski definition) is 2. The van der Waals surface area contributed by atoms with Crippen molar-refractivity contribution in [3.05, 3.63) is 23.7 Å². The molecule has 1 aliphatic rings. The first-order chi connectivity index (χ1) is 9.08. The molecule has 1 aliphatic carbocycles. The van der Waals surface area contributed by atoms with Crippen molar-refractivity contribution in [1.82, 2.24) is 5.32 Å². The van der Waals surface area contributed by atoms with Gasteiger partial charge in [0.1, 0.15) is 0 Å². The number of carbonyl (C=O) groups is 2. The zero-order chi connectivity index (χ0) is 13.8. The molecule has 0 unspecified atom stereocenters. The van der Waals surface area contributed by atoms with Crippen LogP contribution in [0.1, 0.15) is 41.8 Å². The van der Waals surface area contributed by atoms with Crippen molar-refractivity contribution >= 4 is 11.9 Å². The van der Waals surface area contributed by atoms with Crippen molar-refractivity contribution in [1.29, 1.82) is 0 Å². The average Bonchev–Trinajstić information content (AvgIpc) is 2.83. The lowest BCUT2D eigenvalue weighted by molar-refractivity contribution is -0.143. The molecule has 1 fully saturated rings. The zero-order valence-corrected chi connectivity index (χ0v) is 11.0. The highest BCUT2D eigenvalue weighted by Crippen LogP contribution is 2.28. The topological polar surface area (TPSA) is 79.5 Å². The summed E-state index contributed by atoms with van der Waals surface area (Å²) in [5.74, 6) is -0.370. The number of nitrogens with one attached hydrogen (secondary N) is 1. The van der Waals surface area contributed by atoms with Gasteiger partial charge in [0.25, 0.3) is 5.91 Å². The van der Waals surface area contributed by atoms with Gasteiger partial charge in [0.15, 0.2) is 5.76 Å². The molecule has 0 spiro atoms.